The number of carbonyl (C=O) groups excluding carboxylic acids is 1. The van der Waals surface area contributed by atoms with Gasteiger partial charge in [0.25, 0.3) is 0 Å². The SMILES string of the molecule is CC(C)[C@H](CO)NC(=O)C1(Cc2cccc(-c3cccnc3)c2)CCOCC1. The molecule has 0 spiro atoms. The molecule has 1 saturated heterocycles. The van der Waals surface area contributed by atoms with Crippen molar-refractivity contribution >= 4 is 5.91 Å². The Kier molecular flexibility index (Phi) is 6.81. The maximum absolute atomic E-state index is 13.3. The molecule has 5 nitrogen and oxygen atoms in total. The summed E-state index contributed by atoms with van der Waals surface area (Å²) in [5.74, 6) is 0.204. The number of nitrogens with zero attached hydrogens (tertiary/aromatic N) is 1. The molecule has 1 amide bonds. The molecule has 2 N–H and O–H groups in total. The Labute approximate surface area is 167 Å². The number of rotatable bonds is 7. The highest BCUT2D eigenvalue weighted by Crippen LogP contribution is 2.36. The zero-order valence-electron chi connectivity index (χ0n) is 16.7. The van der Waals surface area contributed by atoms with Crippen LogP contribution in [0.1, 0.15) is 32.3 Å². The molecule has 0 bridgehead atoms. The van der Waals surface area contributed by atoms with Crippen LogP contribution < -0.4 is 5.32 Å². The van der Waals surface area contributed by atoms with Gasteiger partial charge in [0.1, 0.15) is 0 Å². The van der Waals surface area contributed by atoms with Crippen molar-refractivity contribution in [1.82, 2.24) is 10.3 Å². The second-order valence-electron chi connectivity index (χ2n) is 8.02. The molecule has 1 atom stereocenters. The molecule has 0 unspecified atom stereocenters. The van der Waals surface area contributed by atoms with Gasteiger partial charge < -0.3 is 15.2 Å². The van der Waals surface area contributed by atoms with Gasteiger partial charge in [0, 0.05) is 25.6 Å². The summed E-state index contributed by atoms with van der Waals surface area (Å²) in [6.45, 7) is 5.14. The largest absolute Gasteiger partial charge is 0.394 e. The van der Waals surface area contributed by atoms with E-state index >= 15 is 0 Å². The molecule has 2 aromatic rings. The van der Waals surface area contributed by atoms with E-state index in [1.54, 1.807) is 6.20 Å². The topological polar surface area (TPSA) is 71.5 Å². The van der Waals surface area contributed by atoms with Gasteiger partial charge in [-0.15, -0.1) is 0 Å². The molecule has 0 aliphatic carbocycles. The Bertz CT molecular complexity index is 770. The van der Waals surface area contributed by atoms with Gasteiger partial charge in [-0.2, -0.15) is 0 Å². The molecule has 150 valence electrons. The van der Waals surface area contributed by atoms with Gasteiger partial charge in [-0.05, 0) is 47.9 Å². The first kappa shape index (κ1) is 20.5. The summed E-state index contributed by atoms with van der Waals surface area (Å²) in [5, 5.41) is 12.7. The predicted octanol–water partition coefficient (Wildman–Crippen LogP) is 3.22. The second-order valence-corrected chi connectivity index (χ2v) is 8.02. The average Bonchev–Trinajstić information content (AvgIpc) is 2.73. The third-order valence-corrected chi connectivity index (χ3v) is 5.71. The van der Waals surface area contributed by atoms with Crippen molar-refractivity contribution in [2.24, 2.45) is 11.3 Å². The van der Waals surface area contributed by atoms with Crippen molar-refractivity contribution in [2.45, 2.75) is 39.2 Å². The van der Waals surface area contributed by atoms with Crippen LogP contribution in [0.5, 0.6) is 0 Å². The first-order valence-corrected chi connectivity index (χ1v) is 10.0. The summed E-state index contributed by atoms with van der Waals surface area (Å²) in [5.41, 5.74) is 2.79. The lowest BCUT2D eigenvalue weighted by molar-refractivity contribution is -0.138. The van der Waals surface area contributed by atoms with Crippen LogP contribution in [-0.4, -0.2) is 41.9 Å². The Hall–Kier alpha value is -2.24. The van der Waals surface area contributed by atoms with Crippen molar-refractivity contribution in [3.63, 3.8) is 0 Å². The van der Waals surface area contributed by atoms with Gasteiger partial charge >= 0.3 is 0 Å². The van der Waals surface area contributed by atoms with Gasteiger partial charge in [-0.3, -0.25) is 9.78 Å². The van der Waals surface area contributed by atoms with E-state index in [0.717, 1.165) is 16.7 Å². The minimum atomic E-state index is -0.506. The van der Waals surface area contributed by atoms with Crippen molar-refractivity contribution in [1.29, 1.82) is 0 Å². The molecular formula is C23H30N2O3. The minimum Gasteiger partial charge on any atom is -0.394 e. The lowest BCUT2D eigenvalue weighted by Crippen LogP contribution is -2.51. The van der Waals surface area contributed by atoms with Gasteiger partial charge in [-0.1, -0.05) is 44.2 Å². The van der Waals surface area contributed by atoms with E-state index in [0.29, 0.717) is 32.5 Å². The first-order chi connectivity index (χ1) is 13.5. The number of ether oxygens (including phenoxy) is 1. The van der Waals surface area contributed by atoms with Crippen LogP contribution in [0.3, 0.4) is 0 Å². The van der Waals surface area contributed by atoms with Crippen LogP contribution in [0, 0.1) is 11.3 Å². The summed E-state index contributed by atoms with van der Waals surface area (Å²) in [7, 11) is 0. The Morgan fingerprint density at radius 2 is 1.96 bits per heavy atom. The van der Waals surface area contributed by atoms with E-state index in [4.69, 9.17) is 4.74 Å². The zero-order chi connectivity index (χ0) is 20.0. The highest BCUT2D eigenvalue weighted by molar-refractivity contribution is 5.83. The van der Waals surface area contributed by atoms with E-state index in [9.17, 15) is 9.90 Å². The number of carbonyl (C=O) groups is 1. The van der Waals surface area contributed by atoms with Gasteiger partial charge in [0.2, 0.25) is 5.91 Å². The number of aliphatic hydroxyl groups is 1. The molecule has 2 heterocycles. The molecule has 1 aromatic heterocycles. The Balaban J connectivity index is 1.84. The molecule has 1 fully saturated rings. The highest BCUT2D eigenvalue weighted by Gasteiger charge is 2.41. The third-order valence-electron chi connectivity index (χ3n) is 5.71. The Morgan fingerprint density at radius 1 is 1.21 bits per heavy atom. The van der Waals surface area contributed by atoms with Crippen LogP contribution in [0.4, 0.5) is 0 Å². The summed E-state index contributed by atoms with van der Waals surface area (Å²) >= 11 is 0. The smallest absolute Gasteiger partial charge is 0.227 e. The highest BCUT2D eigenvalue weighted by atomic mass is 16.5. The van der Waals surface area contributed by atoms with Gasteiger partial charge in [0.15, 0.2) is 0 Å². The molecule has 1 aliphatic heterocycles. The molecular weight excluding hydrogens is 352 g/mol. The maximum atomic E-state index is 13.3. The lowest BCUT2D eigenvalue weighted by Gasteiger charge is -2.37. The van der Waals surface area contributed by atoms with Crippen molar-refractivity contribution < 1.29 is 14.6 Å². The lowest BCUT2D eigenvalue weighted by atomic mass is 9.74. The predicted molar refractivity (Wildman–Crippen MR) is 110 cm³/mol. The summed E-state index contributed by atoms with van der Waals surface area (Å²) in [4.78, 5) is 17.5. The minimum absolute atomic E-state index is 0.0235. The number of aliphatic hydroxyl groups excluding tert-OH is 1. The fraction of sp³-hybridized carbons (Fsp3) is 0.478. The van der Waals surface area contributed by atoms with Crippen LogP contribution >= 0.6 is 0 Å². The van der Waals surface area contributed by atoms with Crippen molar-refractivity contribution in [2.75, 3.05) is 19.8 Å². The number of nitrogens with one attached hydrogen (secondary N) is 1. The summed E-state index contributed by atoms with van der Waals surface area (Å²) in [6.07, 6.45) is 5.65. The van der Waals surface area contributed by atoms with Crippen LogP contribution in [-0.2, 0) is 16.0 Å². The molecule has 0 saturated carbocycles. The molecule has 5 heteroatoms. The van der Waals surface area contributed by atoms with Crippen molar-refractivity contribution in [3.05, 3.63) is 54.4 Å². The van der Waals surface area contributed by atoms with E-state index in [-0.39, 0.29) is 24.5 Å². The Morgan fingerprint density at radius 3 is 2.61 bits per heavy atom. The molecule has 0 radical (unpaired) electrons. The van der Waals surface area contributed by atoms with Crippen molar-refractivity contribution in [3.8, 4) is 11.1 Å². The van der Waals surface area contributed by atoms with Crippen LogP contribution in [0.15, 0.2) is 48.8 Å². The number of pyridine rings is 1. The number of aromatic nitrogens is 1. The van der Waals surface area contributed by atoms with E-state index in [1.807, 2.05) is 38.2 Å². The quantitative estimate of drug-likeness (QED) is 0.771. The van der Waals surface area contributed by atoms with Gasteiger partial charge in [0.05, 0.1) is 18.1 Å². The summed E-state index contributed by atoms with van der Waals surface area (Å²) < 4.78 is 5.55. The van der Waals surface area contributed by atoms with Crippen LogP contribution in [0.25, 0.3) is 11.1 Å². The zero-order valence-corrected chi connectivity index (χ0v) is 16.7. The number of hydrogen-bond acceptors (Lipinski definition) is 4. The fourth-order valence-corrected chi connectivity index (χ4v) is 3.78. The number of benzene rings is 1. The first-order valence-electron chi connectivity index (χ1n) is 10.0. The maximum Gasteiger partial charge on any atom is 0.227 e. The number of amides is 1. The standard InChI is InChI=1S/C23H30N2O3/c1-17(2)21(16-26)25-22(27)23(8-11-28-12-9-23)14-18-5-3-6-19(13-18)20-7-4-10-24-15-20/h3-7,10,13,15,17,21,26H,8-9,11-12,14,16H2,1-2H3,(H,25,27)/t21-/m0/s1. The molecule has 1 aliphatic rings. The third kappa shape index (κ3) is 4.78. The molecule has 28 heavy (non-hydrogen) atoms. The molecule has 3 rings (SSSR count). The van der Waals surface area contributed by atoms with E-state index in [2.05, 4.69) is 28.5 Å². The monoisotopic (exact) mass is 382 g/mol. The van der Waals surface area contributed by atoms with Crippen LogP contribution in [0.2, 0.25) is 0 Å². The second kappa shape index (κ2) is 9.30. The van der Waals surface area contributed by atoms with E-state index in [1.165, 1.54) is 0 Å². The average molecular weight is 383 g/mol. The fourth-order valence-electron chi connectivity index (χ4n) is 3.78. The molecule has 1 aromatic carbocycles. The number of hydrogen-bond donors (Lipinski definition) is 2. The van der Waals surface area contributed by atoms with Gasteiger partial charge in [-0.25, -0.2) is 0 Å². The summed E-state index contributed by atoms with van der Waals surface area (Å²) in [6, 6.07) is 12.1. The van der Waals surface area contributed by atoms with E-state index < -0.39 is 5.41 Å². The normalized spacial score (nSPS) is 17.3.